The molecule has 0 bridgehead atoms. The van der Waals surface area contributed by atoms with Crippen molar-refractivity contribution in [3.05, 3.63) is 53.0 Å². The van der Waals surface area contributed by atoms with Gasteiger partial charge in [-0.05, 0) is 24.0 Å². The number of benzene rings is 1. The van der Waals surface area contributed by atoms with Crippen LogP contribution in [0.1, 0.15) is 32.3 Å². The van der Waals surface area contributed by atoms with E-state index in [1.54, 1.807) is 12.2 Å². The highest BCUT2D eigenvalue weighted by molar-refractivity contribution is 8.26. The van der Waals surface area contributed by atoms with Crippen molar-refractivity contribution in [1.82, 2.24) is 9.80 Å². The molecule has 2 heterocycles. The molecule has 3 rings (SSSR count). The van der Waals surface area contributed by atoms with Crippen molar-refractivity contribution >= 4 is 58.1 Å². The van der Waals surface area contributed by atoms with Gasteiger partial charge in [-0.15, -0.1) is 0 Å². The Balaban J connectivity index is 1.79. The first-order valence-corrected chi connectivity index (χ1v) is 11.0. The highest BCUT2D eigenvalue weighted by Gasteiger charge is 2.51. The number of imide groups is 1. The Hall–Kier alpha value is -2.78. The molecule has 2 saturated heterocycles. The number of carbonyl (C=O) groups excluding carboxylic acids is 3. The van der Waals surface area contributed by atoms with Crippen LogP contribution in [-0.4, -0.2) is 55.0 Å². The molecule has 0 aliphatic carbocycles. The van der Waals surface area contributed by atoms with Gasteiger partial charge in [-0.2, -0.15) is 0 Å². The number of carbonyl (C=O) groups is 4. The summed E-state index contributed by atoms with van der Waals surface area (Å²) in [5.41, 5.74) is 0.964. The van der Waals surface area contributed by atoms with Crippen LogP contribution in [0, 0.1) is 5.92 Å². The second kappa shape index (κ2) is 9.57. The fourth-order valence-electron chi connectivity index (χ4n) is 3.50. The third-order valence-electron chi connectivity index (χ3n) is 4.92. The lowest BCUT2D eigenvalue weighted by Gasteiger charge is -2.26. The first kappa shape index (κ1) is 22.9. The normalized spacial score (nSPS) is 21.9. The molecule has 2 fully saturated rings. The Morgan fingerprint density at radius 3 is 2.55 bits per heavy atom. The van der Waals surface area contributed by atoms with E-state index in [-0.39, 0.29) is 23.1 Å². The molecule has 2 atom stereocenters. The Bertz CT molecular complexity index is 987. The summed E-state index contributed by atoms with van der Waals surface area (Å²) in [5.74, 6) is -3.04. The van der Waals surface area contributed by atoms with E-state index in [2.05, 4.69) is 0 Å². The number of hydrogen-bond donors (Lipinski definition) is 1. The average Bonchev–Trinajstić information content (AvgIpc) is 3.15. The minimum atomic E-state index is -1.26. The molecule has 0 unspecified atom stereocenters. The number of carboxylic acids is 1. The van der Waals surface area contributed by atoms with Crippen molar-refractivity contribution in [3.8, 4) is 0 Å². The Kier molecular flexibility index (Phi) is 7.07. The van der Waals surface area contributed by atoms with Crippen molar-refractivity contribution in [1.29, 1.82) is 0 Å². The van der Waals surface area contributed by atoms with Crippen LogP contribution in [0.5, 0.6) is 0 Å². The number of thiocarbonyl (C=S) groups is 1. The first-order valence-electron chi connectivity index (χ1n) is 9.78. The van der Waals surface area contributed by atoms with Crippen molar-refractivity contribution < 1.29 is 24.3 Å². The van der Waals surface area contributed by atoms with Gasteiger partial charge in [0.25, 0.3) is 11.8 Å². The summed E-state index contributed by atoms with van der Waals surface area (Å²) in [7, 11) is 0. The lowest BCUT2D eigenvalue weighted by Crippen LogP contribution is -2.49. The molecule has 0 spiro atoms. The summed E-state index contributed by atoms with van der Waals surface area (Å²) in [6.45, 7) is 3.63. The Labute approximate surface area is 189 Å². The van der Waals surface area contributed by atoms with Gasteiger partial charge in [-0.3, -0.25) is 24.2 Å². The van der Waals surface area contributed by atoms with Crippen molar-refractivity contribution in [2.45, 2.75) is 38.8 Å². The number of likely N-dealkylation sites (tertiary alicyclic amines) is 1. The molecule has 1 aromatic rings. The van der Waals surface area contributed by atoms with Gasteiger partial charge in [-0.25, -0.2) is 4.79 Å². The monoisotopic (exact) mass is 458 g/mol. The van der Waals surface area contributed by atoms with E-state index in [1.807, 2.05) is 50.3 Å². The molecule has 31 heavy (non-hydrogen) atoms. The minimum Gasteiger partial charge on any atom is -0.480 e. The fraction of sp³-hybridized carbons (Fsp3) is 0.318. The van der Waals surface area contributed by atoms with Crippen molar-refractivity contribution in [2.24, 2.45) is 5.92 Å². The van der Waals surface area contributed by atoms with Gasteiger partial charge in [0.05, 0.1) is 11.3 Å². The van der Waals surface area contributed by atoms with Crippen LogP contribution in [0.3, 0.4) is 0 Å². The summed E-state index contributed by atoms with van der Waals surface area (Å²) < 4.78 is 0.174. The molecule has 0 aromatic heterocycles. The number of allylic oxidation sites excluding steroid dienone is 2. The molecule has 1 N–H and O–H groups in total. The summed E-state index contributed by atoms with van der Waals surface area (Å²) in [6, 6.07) is 7.17. The third kappa shape index (κ3) is 4.94. The van der Waals surface area contributed by atoms with Gasteiger partial charge in [0.1, 0.15) is 16.4 Å². The molecule has 2 aliphatic rings. The van der Waals surface area contributed by atoms with Crippen LogP contribution in [0.25, 0.3) is 6.08 Å². The lowest BCUT2D eigenvalue weighted by atomic mass is 10.0. The van der Waals surface area contributed by atoms with Gasteiger partial charge in [-0.1, -0.05) is 80.3 Å². The zero-order chi connectivity index (χ0) is 22.7. The maximum atomic E-state index is 13.0. The van der Waals surface area contributed by atoms with Crippen LogP contribution < -0.4 is 0 Å². The highest BCUT2D eigenvalue weighted by Crippen LogP contribution is 2.36. The van der Waals surface area contributed by atoms with Gasteiger partial charge < -0.3 is 5.11 Å². The predicted molar refractivity (Wildman–Crippen MR) is 122 cm³/mol. The van der Waals surface area contributed by atoms with Gasteiger partial charge >= 0.3 is 5.97 Å². The molecular weight excluding hydrogens is 436 g/mol. The fourth-order valence-corrected chi connectivity index (χ4v) is 4.81. The number of aliphatic carboxylic acids is 1. The van der Waals surface area contributed by atoms with E-state index in [9.17, 15) is 24.3 Å². The zero-order valence-corrected chi connectivity index (χ0v) is 18.7. The van der Waals surface area contributed by atoms with Gasteiger partial charge in [0, 0.05) is 0 Å². The third-order valence-corrected chi connectivity index (χ3v) is 6.27. The largest absolute Gasteiger partial charge is 0.480 e. The summed E-state index contributed by atoms with van der Waals surface area (Å²) in [6.07, 6.45) is 5.03. The second-order valence-corrected chi connectivity index (χ2v) is 9.33. The Morgan fingerprint density at radius 2 is 1.94 bits per heavy atom. The average molecular weight is 459 g/mol. The summed E-state index contributed by atoms with van der Waals surface area (Å²) in [4.78, 5) is 52.3. The Morgan fingerprint density at radius 1 is 1.26 bits per heavy atom. The topological polar surface area (TPSA) is 95.0 Å². The number of thioether (sulfide) groups is 1. The highest BCUT2D eigenvalue weighted by atomic mass is 32.2. The van der Waals surface area contributed by atoms with E-state index in [0.29, 0.717) is 4.91 Å². The second-order valence-electron chi connectivity index (χ2n) is 7.65. The smallest absolute Gasteiger partial charge is 0.326 e. The van der Waals surface area contributed by atoms with Crippen LogP contribution in [0.15, 0.2) is 47.4 Å². The van der Waals surface area contributed by atoms with E-state index in [1.165, 1.54) is 0 Å². The van der Waals surface area contributed by atoms with Crippen LogP contribution in [0.4, 0.5) is 0 Å². The standard InChI is InChI=1S/C22H22N2O5S2/c1-13(2)11-16(21(28)29)23-18(25)12-15(19(23)26)24-20(27)17(31-22(24)30)10-6-9-14-7-4-3-5-8-14/h3-10,13,15-16H,11-12H2,1-2H3,(H,28,29)/b9-6+,17-10-/t15-,16+/m1/s1. The number of nitrogens with zero attached hydrogens (tertiary/aromatic N) is 2. The van der Waals surface area contributed by atoms with Crippen LogP contribution >= 0.6 is 24.0 Å². The van der Waals surface area contributed by atoms with E-state index >= 15 is 0 Å². The molecule has 7 nitrogen and oxygen atoms in total. The number of hydrogen-bond acceptors (Lipinski definition) is 6. The maximum absolute atomic E-state index is 13.0. The zero-order valence-electron chi connectivity index (χ0n) is 17.1. The van der Waals surface area contributed by atoms with Crippen LogP contribution in [-0.2, 0) is 19.2 Å². The van der Waals surface area contributed by atoms with E-state index in [4.69, 9.17) is 12.2 Å². The predicted octanol–water partition coefficient (Wildman–Crippen LogP) is 3.07. The summed E-state index contributed by atoms with van der Waals surface area (Å²) >= 11 is 6.35. The van der Waals surface area contributed by atoms with Crippen molar-refractivity contribution in [3.63, 3.8) is 0 Å². The lowest BCUT2D eigenvalue weighted by molar-refractivity contribution is -0.155. The first-order chi connectivity index (χ1) is 14.7. The molecule has 1 aromatic carbocycles. The van der Waals surface area contributed by atoms with Gasteiger partial charge in [0.2, 0.25) is 5.91 Å². The summed E-state index contributed by atoms with van der Waals surface area (Å²) in [5, 5.41) is 9.53. The SMILES string of the molecule is CC(C)C[C@@H](C(=O)O)N1C(=O)C[C@@H](N2C(=O)/C(=C/C=C/c3ccccc3)SC2=S)C1=O. The molecule has 162 valence electrons. The maximum Gasteiger partial charge on any atom is 0.326 e. The van der Waals surface area contributed by atoms with Crippen LogP contribution in [0.2, 0.25) is 0 Å². The van der Waals surface area contributed by atoms with E-state index < -0.39 is 35.8 Å². The molecule has 2 aliphatic heterocycles. The molecule has 9 heteroatoms. The quantitative estimate of drug-likeness (QED) is 0.381. The number of carboxylic acid groups (broad SMARTS) is 1. The molecule has 3 amide bonds. The molecule has 0 saturated carbocycles. The number of rotatable bonds is 7. The number of amides is 3. The van der Waals surface area contributed by atoms with Crippen molar-refractivity contribution in [2.75, 3.05) is 0 Å². The molecular formula is C22H22N2O5S2. The van der Waals surface area contributed by atoms with E-state index in [0.717, 1.165) is 27.1 Å². The minimum absolute atomic E-state index is 0.0308. The van der Waals surface area contributed by atoms with Gasteiger partial charge in [0.15, 0.2) is 0 Å². The molecule has 0 radical (unpaired) electrons.